The number of carbonyl (C=O) groups excluding carboxylic acids is 1. The topological polar surface area (TPSA) is 63.6 Å². The second-order valence-corrected chi connectivity index (χ2v) is 4.35. The van der Waals surface area contributed by atoms with Crippen molar-refractivity contribution in [1.82, 2.24) is 0 Å². The first-order valence-corrected chi connectivity index (χ1v) is 6.03. The molecule has 16 heavy (non-hydrogen) atoms. The zero-order valence-corrected chi connectivity index (χ0v) is 9.78. The number of aliphatic carboxylic acids is 1. The molecule has 0 aromatic carbocycles. The van der Waals surface area contributed by atoms with Crippen LogP contribution in [0.5, 0.6) is 0 Å². The Morgan fingerprint density at radius 2 is 1.94 bits per heavy atom. The Balaban J connectivity index is 2.52. The predicted octanol–water partition coefficient (Wildman–Crippen LogP) is 2.22. The molecule has 1 aliphatic rings. The molecular weight excluding hydrogens is 208 g/mol. The lowest BCUT2D eigenvalue weighted by molar-refractivity contribution is -0.153. The van der Waals surface area contributed by atoms with Crippen molar-refractivity contribution in [3.05, 3.63) is 0 Å². The normalized spacial score (nSPS) is 19.1. The monoisotopic (exact) mass is 228 g/mol. The summed E-state index contributed by atoms with van der Waals surface area (Å²) >= 11 is 0. The van der Waals surface area contributed by atoms with Crippen LogP contribution in [0.15, 0.2) is 0 Å². The van der Waals surface area contributed by atoms with E-state index in [-0.39, 0.29) is 18.3 Å². The maximum atomic E-state index is 11.3. The van der Waals surface area contributed by atoms with Crippen molar-refractivity contribution in [3.8, 4) is 0 Å². The highest BCUT2D eigenvalue weighted by atomic mass is 16.5. The lowest BCUT2D eigenvalue weighted by atomic mass is 9.78. The number of hydrogen-bond acceptors (Lipinski definition) is 3. The molecule has 0 radical (unpaired) electrons. The van der Waals surface area contributed by atoms with E-state index in [2.05, 4.69) is 0 Å². The van der Waals surface area contributed by atoms with E-state index in [1.54, 1.807) is 6.92 Å². The summed E-state index contributed by atoms with van der Waals surface area (Å²) in [5, 5.41) is 9.13. The number of carboxylic acids is 1. The summed E-state index contributed by atoms with van der Waals surface area (Å²) in [6, 6.07) is 0. The molecule has 0 bridgehead atoms. The highest BCUT2D eigenvalue weighted by molar-refractivity contribution is 5.79. The SMILES string of the molecule is CCOC(=O)CC(C(=O)O)C1CCCCC1. The number of hydrogen-bond donors (Lipinski definition) is 1. The van der Waals surface area contributed by atoms with Crippen LogP contribution < -0.4 is 0 Å². The Bertz CT molecular complexity index is 241. The van der Waals surface area contributed by atoms with E-state index in [1.165, 1.54) is 6.42 Å². The van der Waals surface area contributed by atoms with Gasteiger partial charge < -0.3 is 9.84 Å². The molecule has 0 aromatic heterocycles. The fourth-order valence-corrected chi connectivity index (χ4v) is 2.39. The van der Waals surface area contributed by atoms with Gasteiger partial charge in [0.05, 0.1) is 18.9 Å². The summed E-state index contributed by atoms with van der Waals surface area (Å²) in [6.45, 7) is 2.05. The van der Waals surface area contributed by atoms with Crippen molar-refractivity contribution < 1.29 is 19.4 Å². The highest BCUT2D eigenvalue weighted by Crippen LogP contribution is 2.32. The van der Waals surface area contributed by atoms with E-state index >= 15 is 0 Å². The molecule has 0 aliphatic heterocycles. The van der Waals surface area contributed by atoms with Gasteiger partial charge in [0.15, 0.2) is 0 Å². The van der Waals surface area contributed by atoms with Crippen LogP contribution in [0.1, 0.15) is 45.4 Å². The van der Waals surface area contributed by atoms with Gasteiger partial charge in [-0.2, -0.15) is 0 Å². The van der Waals surface area contributed by atoms with Crippen LogP contribution in [0.4, 0.5) is 0 Å². The minimum Gasteiger partial charge on any atom is -0.481 e. The number of carboxylic acid groups (broad SMARTS) is 1. The molecule has 0 saturated heterocycles. The molecule has 4 nitrogen and oxygen atoms in total. The van der Waals surface area contributed by atoms with Gasteiger partial charge in [-0.25, -0.2) is 0 Å². The van der Waals surface area contributed by atoms with E-state index in [0.29, 0.717) is 6.61 Å². The van der Waals surface area contributed by atoms with Crippen LogP contribution in [-0.4, -0.2) is 23.7 Å². The van der Waals surface area contributed by atoms with Gasteiger partial charge in [-0.05, 0) is 25.7 Å². The zero-order chi connectivity index (χ0) is 12.0. The molecular formula is C12H20O4. The zero-order valence-electron chi connectivity index (χ0n) is 9.78. The van der Waals surface area contributed by atoms with E-state index in [4.69, 9.17) is 9.84 Å². The van der Waals surface area contributed by atoms with E-state index < -0.39 is 11.9 Å². The van der Waals surface area contributed by atoms with E-state index in [0.717, 1.165) is 25.7 Å². The summed E-state index contributed by atoms with van der Waals surface area (Å²) in [4.78, 5) is 22.4. The Morgan fingerprint density at radius 3 is 2.44 bits per heavy atom. The summed E-state index contributed by atoms with van der Waals surface area (Å²) in [7, 11) is 0. The van der Waals surface area contributed by atoms with Gasteiger partial charge in [0.1, 0.15) is 0 Å². The summed E-state index contributed by atoms with van der Waals surface area (Å²) < 4.78 is 4.81. The van der Waals surface area contributed by atoms with E-state index in [9.17, 15) is 9.59 Å². The predicted molar refractivity (Wildman–Crippen MR) is 59.0 cm³/mol. The Morgan fingerprint density at radius 1 is 1.31 bits per heavy atom. The second-order valence-electron chi connectivity index (χ2n) is 4.35. The fraction of sp³-hybridized carbons (Fsp3) is 0.833. The lowest BCUT2D eigenvalue weighted by Crippen LogP contribution is -2.28. The molecule has 0 aromatic rings. The van der Waals surface area contributed by atoms with Gasteiger partial charge >= 0.3 is 11.9 Å². The first kappa shape index (κ1) is 13.0. The van der Waals surface area contributed by atoms with Gasteiger partial charge in [0, 0.05) is 0 Å². The number of esters is 1. The van der Waals surface area contributed by atoms with Crippen LogP contribution in [0.2, 0.25) is 0 Å². The minimum atomic E-state index is -0.861. The fourth-order valence-electron chi connectivity index (χ4n) is 2.39. The van der Waals surface area contributed by atoms with Gasteiger partial charge in [-0.1, -0.05) is 19.3 Å². The smallest absolute Gasteiger partial charge is 0.307 e. The molecule has 1 aliphatic carbocycles. The van der Waals surface area contributed by atoms with E-state index in [1.807, 2.05) is 0 Å². The maximum Gasteiger partial charge on any atom is 0.307 e. The number of ether oxygens (including phenoxy) is 1. The van der Waals surface area contributed by atoms with Crippen LogP contribution in [-0.2, 0) is 14.3 Å². The largest absolute Gasteiger partial charge is 0.481 e. The molecule has 0 amide bonds. The molecule has 1 N–H and O–H groups in total. The van der Waals surface area contributed by atoms with Gasteiger partial charge in [-0.3, -0.25) is 9.59 Å². The summed E-state index contributed by atoms with van der Waals surface area (Å²) in [5.41, 5.74) is 0. The first-order valence-electron chi connectivity index (χ1n) is 6.03. The second kappa shape index (κ2) is 6.51. The third-order valence-corrected chi connectivity index (χ3v) is 3.23. The maximum absolute atomic E-state index is 11.3. The van der Waals surface area contributed by atoms with Crippen molar-refractivity contribution in [2.75, 3.05) is 6.61 Å². The molecule has 1 unspecified atom stereocenters. The number of rotatable bonds is 5. The summed E-state index contributed by atoms with van der Waals surface area (Å²) in [5.74, 6) is -1.66. The molecule has 0 heterocycles. The molecule has 1 atom stereocenters. The standard InChI is InChI=1S/C12H20O4/c1-2-16-11(13)8-10(12(14)15)9-6-4-3-5-7-9/h9-10H,2-8H2,1H3,(H,14,15). The van der Waals surface area contributed by atoms with Gasteiger partial charge in [0.2, 0.25) is 0 Å². The van der Waals surface area contributed by atoms with Crippen molar-refractivity contribution in [2.45, 2.75) is 45.4 Å². The third-order valence-electron chi connectivity index (χ3n) is 3.23. The van der Waals surface area contributed by atoms with Gasteiger partial charge in [0.25, 0.3) is 0 Å². The van der Waals surface area contributed by atoms with Crippen LogP contribution in [0.25, 0.3) is 0 Å². The molecule has 1 fully saturated rings. The molecule has 1 rings (SSSR count). The Kier molecular flexibility index (Phi) is 5.29. The average molecular weight is 228 g/mol. The first-order chi connectivity index (χ1) is 7.65. The van der Waals surface area contributed by atoms with Crippen LogP contribution in [0.3, 0.4) is 0 Å². The highest BCUT2D eigenvalue weighted by Gasteiger charge is 2.31. The Hall–Kier alpha value is -1.06. The van der Waals surface area contributed by atoms with Crippen LogP contribution in [0, 0.1) is 11.8 Å². The lowest BCUT2D eigenvalue weighted by Gasteiger charge is -2.26. The van der Waals surface area contributed by atoms with Gasteiger partial charge in [-0.15, -0.1) is 0 Å². The molecule has 1 saturated carbocycles. The third kappa shape index (κ3) is 3.83. The van der Waals surface area contributed by atoms with Crippen molar-refractivity contribution in [2.24, 2.45) is 11.8 Å². The quantitative estimate of drug-likeness (QED) is 0.733. The summed E-state index contributed by atoms with van der Waals surface area (Å²) in [6.07, 6.45) is 5.22. The molecule has 4 heteroatoms. The molecule has 0 spiro atoms. The average Bonchev–Trinajstić information content (AvgIpc) is 2.27. The van der Waals surface area contributed by atoms with Crippen molar-refractivity contribution in [3.63, 3.8) is 0 Å². The van der Waals surface area contributed by atoms with Crippen molar-refractivity contribution in [1.29, 1.82) is 0 Å². The van der Waals surface area contributed by atoms with Crippen molar-refractivity contribution >= 4 is 11.9 Å². The molecule has 92 valence electrons. The number of carbonyl (C=O) groups is 2. The Labute approximate surface area is 96.0 Å². The minimum absolute atomic E-state index is 0.0217. The van der Waals surface area contributed by atoms with Crippen LogP contribution >= 0.6 is 0 Å².